The molecule has 130 valence electrons. The number of nitrogens with two attached hydrogens (primary N) is 1. The highest BCUT2D eigenvalue weighted by Crippen LogP contribution is 2.11. The first kappa shape index (κ1) is 20.2. The Morgan fingerprint density at radius 1 is 1.17 bits per heavy atom. The van der Waals surface area contributed by atoms with E-state index in [2.05, 4.69) is 34.3 Å². The standard InChI is InChI=1S/C18H24N4O.HI/c1-4-14-5-8-16(9-6-14)22-18(19)21-12-15-7-10-17(20-11-15)23-13(2)3;/h5-11,13H,4,12H2,1-3H3,(H3,19,21,22);1H. The van der Waals surface area contributed by atoms with Gasteiger partial charge in [-0.05, 0) is 43.5 Å². The molecule has 5 nitrogen and oxygen atoms in total. The molecule has 0 bridgehead atoms. The van der Waals surface area contributed by atoms with E-state index in [4.69, 9.17) is 10.5 Å². The highest BCUT2D eigenvalue weighted by molar-refractivity contribution is 14.0. The Kier molecular flexibility index (Phi) is 8.53. The minimum atomic E-state index is 0. The first-order valence-electron chi connectivity index (χ1n) is 7.84. The zero-order chi connectivity index (χ0) is 16.7. The number of rotatable bonds is 6. The zero-order valence-electron chi connectivity index (χ0n) is 14.3. The SMILES string of the molecule is CCc1ccc(NC(N)=NCc2ccc(OC(C)C)nc2)cc1.I. The lowest BCUT2D eigenvalue weighted by atomic mass is 10.1. The lowest BCUT2D eigenvalue weighted by Gasteiger charge is -2.09. The van der Waals surface area contributed by atoms with Crippen molar-refractivity contribution in [1.82, 2.24) is 4.98 Å². The average molecular weight is 440 g/mol. The van der Waals surface area contributed by atoms with Crippen LogP contribution in [-0.2, 0) is 13.0 Å². The van der Waals surface area contributed by atoms with E-state index in [1.807, 2.05) is 38.1 Å². The molecule has 1 aromatic heterocycles. The first-order valence-corrected chi connectivity index (χ1v) is 7.84. The van der Waals surface area contributed by atoms with Crippen molar-refractivity contribution >= 4 is 35.6 Å². The minimum Gasteiger partial charge on any atom is -0.475 e. The van der Waals surface area contributed by atoms with Crippen molar-refractivity contribution in [2.24, 2.45) is 10.7 Å². The quantitative estimate of drug-likeness (QED) is 0.405. The lowest BCUT2D eigenvalue weighted by molar-refractivity contribution is 0.232. The van der Waals surface area contributed by atoms with Crippen LogP contribution in [0.5, 0.6) is 5.88 Å². The molecule has 0 fully saturated rings. The van der Waals surface area contributed by atoms with Gasteiger partial charge in [-0.15, -0.1) is 24.0 Å². The minimum absolute atomic E-state index is 0. The molecule has 24 heavy (non-hydrogen) atoms. The van der Waals surface area contributed by atoms with E-state index in [-0.39, 0.29) is 30.1 Å². The molecule has 1 heterocycles. The second-order valence-corrected chi connectivity index (χ2v) is 5.55. The molecule has 1 aromatic carbocycles. The van der Waals surface area contributed by atoms with Gasteiger partial charge in [-0.1, -0.05) is 25.1 Å². The van der Waals surface area contributed by atoms with Crippen molar-refractivity contribution in [3.05, 3.63) is 53.7 Å². The van der Waals surface area contributed by atoms with Crippen LogP contribution in [0.25, 0.3) is 0 Å². The van der Waals surface area contributed by atoms with Crippen molar-refractivity contribution in [1.29, 1.82) is 0 Å². The molecule has 0 saturated heterocycles. The first-order chi connectivity index (χ1) is 11.1. The summed E-state index contributed by atoms with van der Waals surface area (Å²) in [5, 5.41) is 3.08. The summed E-state index contributed by atoms with van der Waals surface area (Å²) in [6.45, 7) is 6.54. The molecule has 2 rings (SSSR count). The fourth-order valence-electron chi connectivity index (χ4n) is 2.00. The van der Waals surface area contributed by atoms with Gasteiger partial charge in [0, 0.05) is 18.0 Å². The van der Waals surface area contributed by atoms with E-state index in [0.29, 0.717) is 18.4 Å². The van der Waals surface area contributed by atoms with Gasteiger partial charge in [-0.2, -0.15) is 0 Å². The number of benzene rings is 1. The zero-order valence-corrected chi connectivity index (χ0v) is 16.7. The van der Waals surface area contributed by atoms with E-state index < -0.39 is 0 Å². The molecule has 0 atom stereocenters. The van der Waals surface area contributed by atoms with Crippen molar-refractivity contribution in [3.8, 4) is 5.88 Å². The van der Waals surface area contributed by atoms with Gasteiger partial charge in [0.15, 0.2) is 5.96 Å². The fourth-order valence-corrected chi connectivity index (χ4v) is 2.00. The van der Waals surface area contributed by atoms with Crippen molar-refractivity contribution in [3.63, 3.8) is 0 Å². The van der Waals surface area contributed by atoms with Crippen LogP contribution in [-0.4, -0.2) is 17.0 Å². The fraction of sp³-hybridized carbons (Fsp3) is 0.333. The van der Waals surface area contributed by atoms with Crippen LogP contribution in [0.15, 0.2) is 47.6 Å². The summed E-state index contributed by atoms with van der Waals surface area (Å²) in [6.07, 6.45) is 2.89. The molecular formula is C18H25IN4O. The van der Waals surface area contributed by atoms with E-state index >= 15 is 0 Å². The Morgan fingerprint density at radius 3 is 2.38 bits per heavy atom. The lowest BCUT2D eigenvalue weighted by Crippen LogP contribution is -2.22. The van der Waals surface area contributed by atoms with E-state index in [1.165, 1.54) is 5.56 Å². The number of guanidine groups is 1. The maximum atomic E-state index is 5.91. The van der Waals surface area contributed by atoms with Gasteiger partial charge >= 0.3 is 0 Å². The Balaban J connectivity index is 0.00000288. The average Bonchev–Trinajstić information content (AvgIpc) is 2.54. The van der Waals surface area contributed by atoms with Crippen LogP contribution >= 0.6 is 24.0 Å². The van der Waals surface area contributed by atoms with Crippen LogP contribution in [0, 0.1) is 0 Å². The second kappa shape index (κ2) is 10.1. The number of aryl methyl sites for hydroxylation is 1. The normalized spacial score (nSPS) is 11.1. The molecule has 6 heteroatoms. The van der Waals surface area contributed by atoms with Gasteiger partial charge in [0.05, 0.1) is 12.6 Å². The number of aromatic nitrogens is 1. The van der Waals surface area contributed by atoms with Gasteiger partial charge in [0.1, 0.15) is 0 Å². The van der Waals surface area contributed by atoms with Crippen molar-refractivity contribution < 1.29 is 4.74 Å². The van der Waals surface area contributed by atoms with Crippen molar-refractivity contribution in [2.45, 2.75) is 39.8 Å². The number of nitrogens with one attached hydrogen (secondary N) is 1. The molecule has 0 radical (unpaired) electrons. The Labute approximate surface area is 160 Å². The predicted molar refractivity (Wildman–Crippen MR) is 110 cm³/mol. The smallest absolute Gasteiger partial charge is 0.213 e. The van der Waals surface area contributed by atoms with E-state index in [9.17, 15) is 0 Å². The van der Waals surface area contributed by atoms with Crippen LogP contribution in [0.1, 0.15) is 31.9 Å². The van der Waals surface area contributed by atoms with Crippen LogP contribution in [0.4, 0.5) is 5.69 Å². The Morgan fingerprint density at radius 2 is 1.83 bits per heavy atom. The van der Waals surface area contributed by atoms with Crippen LogP contribution < -0.4 is 15.8 Å². The van der Waals surface area contributed by atoms with Crippen molar-refractivity contribution in [2.75, 3.05) is 5.32 Å². The summed E-state index contributed by atoms with van der Waals surface area (Å²) >= 11 is 0. The largest absolute Gasteiger partial charge is 0.475 e. The summed E-state index contributed by atoms with van der Waals surface area (Å²) in [5.74, 6) is 1.01. The number of anilines is 1. The van der Waals surface area contributed by atoms with E-state index in [0.717, 1.165) is 17.7 Å². The maximum Gasteiger partial charge on any atom is 0.213 e. The number of aliphatic imine (C=N–C) groups is 1. The van der Waals surface area contributed by atoms with Gasteiger partial charge in [0.2, 0.25) is 5.88 Å². The number of hydrogen-bond acceptors (Lipinski definition) is 3. The van der Waals surface area contributed by atoms with Gasteiger partial charge < -0.3 is 15.8 Å². The second-order valence-electron chi connectivity index (χ2n) is 5.55. The highest BCUT2D eigenvalue weighted by atomic mass is 127. The summed E-state index contributed by atoms with van der Waals surface area (Å²) < 4.78 is 5.51. The Hall–Kier alpha value is -1.83. The number of hydrogen-bond donors (Lipinski definition) is 2. The maximum absolute atomic E-state index is 5.91. The number of halogens is 1. The molecule has 2 aromatic rings. The molecule has 0 unspecified atom stereocenters. The number of ether oxygens (including phenoxy) is 1. The summed E-state index contributed by atoms with van der Waals surface area (Å²) in [4.78, 5) is 8.57. The third-order valence-corrected chi connectivity index (χ3v) is 3.22. The topological polar surface area (TPSA) is 72.5 Å². The summed E-state index contributed by atoms with van der Waals surface area (Å²) in [7, 11) is 0. The molecule has 0 amide bonds. The number of pyridine rings is 1. The molecule has 0 aliphatic heterocycles. The number of nitrogens with zero attached hydrogens (tertiary/aromatic N) is 2. The summed E-state index contributed by atoms with van der Waals surface area (Å²) in [5.41, 5.74) is 9.12. The van der Waals surface area contributed by atoms with Gasteiger partial charge in [-0.25, -0.2) is 9.98 Å². The monoisotopic (exact) mass is 440 g/mol. The van der Waals surface area contributed by atoms with Crippen LogP contribution in [0.2, 0.25) is 0 Å². The third kappa shape index (κ3) is 6.74. The van der Waals surface area contributed by atoms with E-state index in [1.54, 1.807) is 6.20 Å². The van der Waals surface area contributed by atoms with Gasteiger partial charge in [-0.3, -0.25) is 0 Å². The highest BCUT2D eigenvalue weighted by Gasteiger charge is 2.00. The molecule has 3 N–H and O–H groups in total. The Bertz CT molecular complexity index is 639. The molecular weight excluding hydrogens is 415 g/mol. The molecule has 0 spiro atoms. The van der Waals surface area contributed by atoms with Gasteiger partial charge in [0.25, 0.3) is 0 Å². The molecule has 0 aliphatic rings. The van der Waals surface area contributed by atoms with Crippen LogP contribution in [0.3, 0.4) is 0 Å². The molecule has 0 aliphatic carbocycles. The predicted octanol–water partition coefficient (Wildman–Crippen LogP) is 3.98. The molecule has 0 saturated carbocycles. The third-order valence-electron chi connectivity index (χ3n) is 3.22. The summed E-state index contributed by atoms with van der Waals surface area (Å²) in [6, 6.07) is 11.9.